The van der Waals surface area contributed by atoms with Crippen LogP contribution in [0.25, 0.3) is 0 Å². The van der Waals surface area contributed by atoms with Crippen LogP contribution in [0.2, 0.25) is 0 Å². The maximum absolute atomic E-state index is 9.02. The molecule has 1 aliphatic carbocycles. The summed E-state index contributed by atoms with van der Waals surface area (Å²) in [6.07, 6.45) is 0.237. The molecule has 0 saturated heterocycles. The summed E-state index contributed by atoms with van der Waals surface area (Å²) >= 11 is 0. The van der Waals surface area contributed by atoms with E-state index >= 15 is 0 Å². The van der Waals surface area contributed by atoms with Gasteiger partial charge in [0, 0.05) is 12.5 Å². The van der Waals surface area contributed by atoms with Crippen LogP contribution in [0.15, 0.2) is 18.2 Å². The zero-order valence-electron chi connectivity index (χ0n) is 8.66. The predicted molar refractivity (Wildman–Crippen MR) is 55.1 cm³/mol. The van der Waals surface area contributed by atoms with Gasteiger partial charge in [-0.1, -0.05) is 25.1 Å². The fourth-order valence-electron chi connectivity index (χ4n) is 2.13. The van der Waals surface area contributed by atoms with E-state index in [1.807, 2.05) is 13.0 Å². The lowest BCUT2D eigenvalue weighted by atomic mass is 9.75. The van der Waals surface area contributed by atoms with Crippen molar-refractivity contribution < 1.29 is 9.84 Å². The first-order valence-corrected chi connectivity index (χ1v) is 5.13. The van der Waals surface area contributed by atoms with Crippen LogP contribution in [0.1, 0.15) is 42.6 Å². The molecule has 0 spiro atoms. The molecule has 1 N–H and O–H groups in total. The van der Waals surface area contributed by atoms with E-state index in [-0.39, 0.29) is 12.7 Å². The number of aliphatic hydroxyl groups is 1. The van der Waals surface area contributed by atoms with Crippen molar-refractivity contribution >= 4 is 0 Å². The van der Waals surface area contributed by atoms with Crippen molar-refractivity contribution in [2.24, 2.45) is 0 Å². The van der Waals surface area contributed by atoms with Gasteiger partial charge in [0.25, 0.3) is 0 Å². The first-order chi connectivity index (χ1) is 6.77. The second-order valence-electron chi connectivity index (χ2n) is 3.79. The summed E-state index contributed by atoms with van der Waals surface area (Å²) in [4.78, 5) is 0. The molecule has 1 aliphatic rings. The fraction of sp³-hybridized carbons (Fsp3) is 0.500. The lowest BCUT2D eigenvalue weighted by Crippen LogP contribution is -2.24. The molecule has 14 heavy (non-hydrogen) atoms. The summed E-state index contributed by atoms with van der Waals surface area (Å²) in [5.41, 5.74) is 3.59. The Labute approximate surface area is 84.5 Å². The van der Waals surface area contributed by atoms with Gasteiger partial charge in [0.1, 0.15) is 0 Å². The van der Waals surface area contributed by atoms with Crippen molar-refractivity contribution in [3.05, 3.63) is 34.9 Å². The maximum atomic E-state index is 9.02. The number of hydrogen-bond acceptors (Lipinski definition) is 2. The highest BCUT2D eigenvalue weighted by molar-refractivity contribution is 5.45. The third kappa shape index (κ3) is 1.35. The Bertz CT molecular complexity index is 333. The first kappa shape index (κ1) is 9.69. The van der Waals surface area contributed by atoms with E-state index < -0.39 is 0 Å². The second kappa shape index (κ2) is 3.71. The molecule has 0 aliphatic heterocycles. The molecule has 0 amide bonds. The largest absolute Gasteiger partial charge is 0.392 e. The Kier molecular flexibility index (Phi) is 2.57. The quantitative estimate of drug-likeness (QED) is 0.796. The van der Waals surface area contributed by atoms with Crippen LogP contribution >= 0.6 is 0 Å². The molecule has 1 aromatic rings. The van der Waals surface area contributed by atoms with Crippen LogP contribution in [0.4, 0.5) is 0 Å². The molecule has 0 heterocycles. The summed E-state index contributed by atoms with van der Waals surface area (Å²) < 4.78 is 5.63. The molecular formula is C12H16O2. The molecule has 0 radical (unpaired) electrons. The number of fused-ring (bicyclic) bond motifs is 1. The zero-order valence-corrected chi connectivity index (χ0v) is 8.66. The molecule has 2 atom stereocenters. The summed E-state index contributed by atoms with van der Waals surface area (Å²) in [7, 11) is 0. The lowest BCUT2D eigenvalue weighted by Gasteiger charge is -2.37. The van der Waals surface area contributed by atoms with Crippen LogP contribution in [-0.2, 0) is 11.3 Å². The number of benzene rings is 1. The van der Waals surface area contributed by atoms with Crippen molar-refractivity contribution in [3.63, 3.8) is 0 Å². The van der Waals surface area contributed by atoms with Gasteiger partial charge in [0.15, 0.2) is 0 Å². The van der Waals surface area contributed by atoms with E-state index in [4.69, 9.17) is 9.84 Å². The Morgan fingerprint density at radius 1 is 1.36 bits per heavy atom. The molecule has 2 heteroatoms. The molecule has 0 saturated carbocycles. The number of rotatable bonds is 3. The first-order valence-electron chi connectivity index (χ1n) is 5.13. The van der Waals surface area contributed by atoms with E-state index in [1.54, 1.807) is 0 Å². The molecule has 0 aromatic heterocycles. The normalized spacial score (nSPS) is 24.2. The Morgan fingerprint density at radius 2 is 2.14 bits per heavy atom. The van der Waals surface area contributed by atoms with Crippen molar-refractivity contribution in [2.75, 3.05) is 6.61 Å². The van der Waals surface area contributed by atoms with Gasteiger partial charge in [-0.25, -0.2) is 0 Å². The highest BCUT2D eigenvalue weighted by Crippen LogP contribution is 2.47. The van der Waals surface area contributed by atoms with Gasteiger partial charge in [0.05, 0.1) is 12.7 Å². The highest BCUT2D eigenvalue weighted by Gasteiger charge is 2.34. The van der Waals surface area contributed by atoms with E-state index in [2.05, 4.69) is 19.1 Å². The minimum atomic E-state index is 0.112. The van der Waals surface area contributed by atoms with Crippen LogP contribution in [-0.4, -0.2) is 11.7 Å². The van der Waals surface area contributed by atoms with E-state index in [1.165, 1.54) is 11.1 Å². The predicted octanol–water partition coefficient (Wildman–Crippen LogP) is 2.37. The maximum Gasteiger partial charge on any atom is 0.0893 e. The lowest BCUT2D eigenvalue weighted by molar-refractivity contribution is 0.0262. The smallest absolute Gasteiger partial charge is 0.0893 e. The highest BCUT2D eigenvalue weighted by atomic mass is 16.5. The van der Waals surface area contributed by atoms with Crippen LogP contribution in [0.5, 0.6) is 0 Å². The van der Waals surface area contributed by atoms with Crippen molar-refractivity contribution in [1.29, 1.82) is 0 Å². The van der Waals surface area contributed by atoms with Gasteiger partial charge in [0.2, 0.25) is 0 Å². The molecule has 76 valence electrons. The van der Waals surface area contributed by atoms with Crippen molar-refractivity contribution in [1.82, 2.24) is 0 Å². The van der Waals surface area contributed by atoms with E-state index in [0.29, 0.717) is 5.92 Å². The Balaban J connectivity index is 2.27. The van der Waals surface area contributed by atoms with Crippen LogP contribution in [0.3, 0.4) is 0 Å². The van der Waals surface area contributed by atoms with E-state index in [0.717, 1.165) is 12.2 Å². The Hall–Kier alpha value is -0.860. The summed E-state index contributed by atoms with van der Waals surface area (Å²) in [5, 5.41) is 9.02. The molecule has 2 nitrogen and oxygen atoms in total. The average Bonchev–Trinajstić information content (AvgIpc) is 2.24. The molecule has 0 bridgehead atoms. The monoisotopic (exact) mass is 192 g/mol. The summed E-state index contributed by atoms with van der Waals surface area (Å²) in [6.45, 7) is 5.06. The van der Waals surface area contributed by atoms with Gasteiger partial charge >= 0.3 is 0 Å². The van der Waals surface area contributed by atoms with Gasteiger partial charge in [-0.2, -0.15) is 0 Å². The third-order valence-corrected chi connectivity index (χ3v) is 2.93. The molecule has 0 unspecified atom stereocenters. The van der Waals surface area contributed by atoms with Crippen molar-refractivity contribution in [2.45, 2.75) is 32.5 Å². The summed E-state index contributed by atoms with van der Waals surface area (Å²) in [6, 6.07) is 6.13. The molecular weight excluding hydrogens is 176 g/mol. The van der Waals surface area contributed by atoms with Gasteiger partial charge in [-0.15, -0.1) is 0 Å². The minimum absolute atomic E-state index is 0.112. The van der Waals surface area contributed by atoms with Crippen molar-refractivity contribution in [3.8, 4) is 0 Å². The second-order valence-corrected chi connectivity index (χ2v) is 3.79. The van der Waals surface area contributed by atoms with Crippen LogP contribution in [0, 0.1) is 0 Å². The molecule has 0 fully saturated rings. The van der Waals surface area contributed by atoms with Gasteiger partial charge in [-0.05, 0) is 23.6 Å². The zero-order chi connectivity index (χ0) is 10.1. The number of ether oxygens (including phenoxy) is 1. The minimum Gasteiger partial charge on any atom is -0.392 e. The van der Waals surface area contributed by atoms with Gasteiger partial charge in [-0.3, -0.25) is 0 Å². The van der Waals surface area contributed by atoms with Gasteiger partial charge < -0.3 is 9.84 Å². The standard InChI is InChI=1S/C12H16O2/c1-3-14-12-8(2)10-5-4-9(7-13)6-11(10)12/h4-6,8,12-13H,3,7H2,1-2H3/t8-,12+/m1/s1. The number of aliphatic hydroxyl groups excluding tert-OH is 1. The molecule has 1 aromatic carbocycles. The third-order valence-electron chi connectivity index (χ3n) is 2.93. The fourth-order valence-corrected chi connectivity index (χ4v) is 2.13. The topological polar surface area (TPSA) is 29.5 Å². The summed E-state index contributed by atoms with van der Waals surface area (Å²) in [5.74, 6) is 0.498. The number of hydrogen-bond donors (Lipinski definition) is 1. The van der Waals surface area contributed by atoms with Crippen LogP contribution < -0.4 is 0 Å². The SMILES string of the molecule is CCO[C@@H]1c2cc(CO)ccc2[C@H]1C. The molecule has 2 rings (SSSR count). The van der Waals surface area contributed by atoms with E-state index in [9.17, 15) is 0 Å². The Morgan fingerprint density at radius 3 is 2.79 bits per heavy atom. The average molecular weight is 192 g/mol.